The molecule has 3 rings (SSSR count). The van der Waals surface area contributed by atoms with Crippen molar-refractivity contribution in [2.45, 2.75) is 12.6 Å². The minimum Gasteiger partial charge on any atom is -0.379 e. The molecule has 1 aromatic heterocycles. The number of amides is 2. The second-order valence-electron chi connectivity index (χ2n) is 5.29. The molecule has 0 spiro atoms. The summed E-state index contributed by atoms with van der Waals surface area (Å²) in [6.07, 6.45) is 0. The second kappa shape index (κ2) is 6.13. The zero-order valence-electron chi connectivity index (χ0n) is 12.0. The predicted octanol–water partition coefficient (Wildman–Crippen LogP) is 0.151. The summed E-state index contributed by atoms with van der Waals surface area (Å²) in [6.45, 7) is 4.02. The lowest BCUT2D eigenvalue weighted by Crippen LogP contribution is -2.64. The van der Waals surface area contributed by atoms with Crippen LogP contribution in [0.15, 0.2) is 12.1 Å². The normalized spacial score (nSPS) is 22.8. The van der Waals surface area contributed by atoms with E-state index in [0.717, 1.165) is 18.0 Å². The molecule has 0 unspecified atom stereocenters. The number of rotatable bonds is 3. The summed E-state index contributed by atoms with van der Waals surface area (Å²) in [5, 5.41) is 2.87. The minimum atomic E-state index is -0.199. The quantitative estimate of drug-likeness (QED) is 0.863. The molecule has 114 valence electrons. The Morgan fingerprint density at radius 3 is 3.10 bits per heavy atom. The lowest BCUT2D eigenvalue weighted by Gasteiger charge is -2.42. The van der Waals surface area contributed by atoms with Gasteiger partial charge in [-0.05, 0) is 12.1 Å². The van der Waals surface area contributed by atoms with E-state index in [1.54, 1.807) is 12.0 Å². The van der Waals surface area contributed by atoms with Crippen LogP contribution in [0, 0.1) is 0 Å². The molecule has 0 saturated carbocycles. The number of methoxy groups -OCH3 is 1. The molecule has 6 nitrogen and oxygen atoms in total. The first kappa shape index (κ1) is 14.5. The van der Waals surface area contributed by atoms with E-state index in [1.165, 1.54) is 11.3 Å². The third kappa shape index (κ3) is 2.95. The largest absolute Gasteiger partial charge is 0.379 e. The van der Waals surface area contributed by atoms with E-state index in [-0.39, 0.29) is 17.9 Å². The summed E-state index contributed by atoms with van der Waals surface area (Å²) < 4.78 is 5.08. The number of carbonyl (C=O) groups excluding carboxylic acids is 2. The Kier molecular flexibility index (Phi) is 4.23. The van der Waals surface area contributed by atoms with Gasteiger partial charge in [-0.1, -0.05) is 0 Å². The zero-order chi connectivity index (χ0) is 14.8. The van der Waals surface area contributed by atoms with Gasteiger partial charge < -0.3 is 15.0 Å². The Balaban J connectivity index is 1.68. The third-order valence-electron chi connectivity index (χ3n) is 3.94. The zero-order valence-corrected chi connectivity index (χ0v) is 12.8. The summed E-state index contributed by atoms with van der Waals surface area (Å²) in [7, 11) is 1.64. The van der Waals surface area contributed by atoms with Gasteiger partial charge in [0.15, 0.2) is 0 Å². The first-order valence-corrected chi connectivity index (χ1v) is 7.89. The average Bonchev–Trinajstić information content (AvgIpc) is 2.96. The Morgan fingerprint density at radius 1 is 1.43 bits per heavy atom. The van der Waals surface area contributed by atoms with E-state index in [4.69, 9.17) is 4.74 Å². The fourth-order valence-corrected chi connectivity index (χ4v) is 3.78. The molecule has 0 aliphatic carbocycles. The molecule has 2 fully saturated rings. The van der Waals surface area contributed by atoms with Crippen LogP contribution in [0.5, 0.6) is 0 Å². The van der Waals surface area contributed by atoms with Crippen molar-refractivity contribution >= 4 is 23.2 Å². The van der Waals surface area contributed by atoms with Crippen molar-refractivity contribution in [3.8, 4) is 0 Å². The molecular weight excluding hydrogens is 290 g/mol. The molecular formula is C14H19N3O3S. The van der Waals surface area contributed by atoms with E-state index in [9.17, 15) is 9.59 Å². The SMILES string of the molecule is COCc1ccc(C(=O)N2CCN3CCNC(=O)[C@H]3C2)s1. The summed E-state index contributed by atoms with van der Waals surface area (Å²) in [5.74, 6) is 0.0466. The summed E-state index contributed by atoms with van der Waals surface area (Å²) >= 11 is 1.46. The molecule has 2 amide bonds. The van der Waals surface area contributed by atoms with E-state index >= 15 is 0 Å². The molecule has 0 radical (unpaired) electrons. The minimum absolute atomic E-state index is 0.0142. The second-order valence-corrected chi connectivity index (χ2v) is 6.46. The Hall–Kier alpha value is -1.44. The molecule has 1 N–H and O–H groups in total. The van der Waals surface area contributed by atoms with E-state index in [0.29, 0.717) is 31.1 Å². The van der Waals surface area contributed by atoms with Crippen molar-refractivity contribution in [3.63, 3.8) is 0 Å². The maximum atomic E-state index is 12.5. The number of nitrogens with one attached hydrogen (secondary N) is 1. The van der Waals surface area contributed by atoms with Crippen LogP contribution in [0.3, 0.4) is 0 Å². The maximum Gasteiger partial charge on any atom is 0.264 e. The lowest BCUT2D eigenvalue weighted by molar-refractivity contribution is -0.131. The molecule has 0 aromatic carbocycles. The standard InChI is InChI=1S/C14H19N3O3S/c1-20-9-10-2-3-12(21-10)14(19)17-7-6-16-5-4-15-13(18)11(16)8-17/h2-3,11H,4-9H2,1H3,(H,15,18)/t11-/m1/s1. The van der Waals surface area contributed by atoms with Gasteiger partial charge in [0.1, 0.15) is 6.04 Å². The topological polar surface area (TPSA) is 61.9 Å². The van der Waals surface area contributed by atoms with Crippen LogP contribution in [0.2, 0.25) is 0 Å². The Morgan fingerprint density at radius 2 is 2.29 bits per heavy atom. The van der Waals surface area contributed by atoms with Crippen LogP contribution >= 0.6 is 11.3 Å². The Labute approximate surface area is 127 Å². The van der Waals surface area contributed by atoms with Crippen molar-refractivity contribution in [2.75, 3.05) is 39.8 Å². The lowest BCUT2D eigenvalue weighted by atomic mass is 10.1. The van der Waals surface area contributed by atoms with Crippen molar-refractivity contribution in [2.24, 2.45) is 0 Å². The van der Waals surface area contributed by atoms with Gasteiger partial charge in [0.25, 0.3) is 5.91 Å². The highest BCUT2D eigenvalue weighted by Crippen LogP contribution is 2.21. The number of hydrogen-bond acceptors (Lipinski definition) is 5. The smallest absolute Gasteiger partial charge is 0.264 e. The van der Waals surface area contributed by atoms with Crippen molar-refractivity contribution < 1.29 is 14.3 Å². The molecule has 7 heteroatoms. The van der Waals surface area contributed by atoms with E-state index in [2.05, 4.69) is 10.2 Å². The number of piperazine rings is 2. The van der Waals surface area contributed by atoms with Crippen LogP contribution < -0.4 is 5.32 Å². The fraction of sp³-hybridized carbons (Fsp3) is 0.571. The summed E-state index contributed by atoms with van der Waals surface area (Å²) in [5.41, 5.74) is 0. The Bertz CT molecular complexity index is 545. The molecule has 3 heterocycles. The highest BCUT2D eigenvalue weighted by Gasteiger charge is 2.36. The first-order valence-electron chi connectivity index (χ1n) is 7.07. The third-order valence-corrected chi connectivity index (χ3v) is 4.99. The molecule has 1 aromatic rings. The van der Waals surface area contributed by atoms with E-state index < -0.39 is 0 Å². The van der Waals surface area contributed by atoms with Crippen molar-refractivity contribution in [1.29, 1.82) is 0 Å². The summed E-state index contributed by atoms with van der Waals surface area (Å²) in [6, 6.07) is 3.56. The fourth-order valence-electron chi connectivity index (χ4n) is 2.83. The monoisotopic (exact) mass is 309 g/mol. The van der Waals surface area contributed by atoms with Crippen molar-refractivity contribution in [1.82, 2.24) is 15.1 Å². The van der Waals surface area contributed by atoms with Gasteiger partial charge in [-0.2, -0.15) is 0 Å². The van der Waals surface area contributed by atoms with Gasteiger partial charge in [0.05, 0.1) is 11.5 Å². The number of hydrogen-bond donors (Lipinski definition) is 1. The van der Waals surface area contributed by atoms with Crippen LogP contribution in [0.25, 0.3) is 0 Å². The molecule has 21 heavy (non-hydrogen) atoms. The summed E-state index contributed by atoms with van der Waals surface area (Å²) in [4.78, 5) is 30.2. The van der Waals surface area contributed by atoms with Gasteiger partial charge in [-0.15, -0.1) is 11.3 Å². The number of thiophene rings is 1. The van der Waals surface area contributed by atoms with Gasteiger partial charge >= 0.3 is 0 Å². The van der Waals surface area contributed by atoms with Gasteiger partial charge in [-0.25, -0.2) is 0 Å². The molecule has 2 aliphatic rings. The predicted molar refractivity (Wildman–Crippen MR) is 79.3 cm³/mol. The van der Waals surface area contributed by atoms with Crippen LogP contribution in [-0.4, -0.2) is 67.5 Å². The molecule has 2 saturated heterocycles. The van der Waals surface area contributed by atoms with Gasteiger partial charge in [0.2, 0.25) is 5.91 Å². The first-order chi connectivity index (χ1) is 10.2. The maximum absolute atomic E-state index is 12.5. The highest BCUT2D eigenvalue weighted by atomic mass is 32.1. The van der Waals surface area contributed by atoms with Crippen LogP contribution in [0.1, 0.15) is 14.5 Å². The van der Waals surface area contributed by atoms with Crippen molar-refractivity contribution in [3.05, 3.63) is 21.9 Å². The highest BCUT2D eigenvalue weighted by molar-refractivity contribution is 7.14. The van der Waals surface area contributed by atoms with Gasteiger partial charge in [-0.3, -0.25) is 14.5 Å². The van der Waals surface area contributed by atoms with E-state index in [1.807, 2.05) is 12.1 Å². The molecule has 2 aliphatic heterocycles. The molecule has 1 atom stereocenters. The number of carbonyl (C=O) groups is 2. The van der Waals surface area contributed by atoms with Crippen LogP contribution in [0.4, 0.5) is 0 Å². The number of nitrogens with zero attached hydrogens (tertiary/aromatic N) is 2. The average molecular weight is 309 g/mol. The number of fused-ring (bicyclic) bond motifs is 1. The van der Waals surface area contributed by atoms with Gasteiger partial charge in [0, 0.05) is 44.7 Å². The molecule has 0 bridgehead atoms. The van der Waals surface area contributed by atoms with Crippen LogP contribution in [-0.2, 0) is 16.1 Å². The number of ether oxygens (including phenoxy) is 1.